The number of thiophene rings is 1. The molecule has 9 heteroatoms. The molecule has 1 amide bonds. The van der Waals surface area contributed by atoms with Gasteiger partial charge in [-0.15, -0.1) is 11.3 Å². The van der Waals surface area contributed by atoms with Crippen LogP contribution in [0.5, 0.6) is 5.75 Å². The van der Waals surface area contributed by atoms with Crippen molar-refractivity contribution in [3.63, 3.8) is 0 Å². The third-order valence-electron chi connectivity index (χ3n) is 4.31. The highest BCUT2D eigenvalue weighted by Crippen LogP contribution is 2.39. The van der Waals surface area contributed by atoms with E-state index < -0.39 is 11.9 Å². The second-order valence-corrected chi connectivity index (χ2v) is 9.20. The summed E-state index contributed by atoms with van der Waals surface area (Å²) >= 11 is 10.2. The van der Waals surface area contributed by atoms with Gasteiger partial charge in [-0.3, -0.25) is 10.1 Å². The fourth-order valence-electron chi connectivity index (χ4n) is 3.15. The number of carbonyl (C=O) groups excluding carboxylic acids is 2. The summed E-state index contributed by atoms with van der Waals surface area (Å²) in [4.78, 5) is 26.2. The molecule has 3 rings (SSSR count). The van der Waals surface area contributed by atoms with Crippen molar-refractivity contribution >= 4 is 61.5 Å². The monoisotopic (exact) mass is 496 g/mol. The van der Waals surface area contributed by atoms with E-state index in [0.29, 0.717) is 21.9 Å². The van der Waals surface area contributed by atoms with Crippen molar-refractivity contribution < 1.29 is 19.1 Å². The van der Waals surface area contributed by atoms with E-state index >= 15 is 0 Å². The third-order valence-corrected chi connectivity index (χ3v) is 6.22. The average Bonchev–Trinajstić information content (AvgIpc) is 3.22. The number of benzene rings is 1. The molecule has 2 aromatic rings. The van der Waals surface area contributed by atoms with E-state index in [1.54, 1.807) is 18.2 Å². The van der Waals surface area contributed by atoms with Crippen molar-refractivity contribution in [3.8, 4) is 5.75 Å². The Morgan fingerprint density at radius 2 is 2.03 bits per heavy atom. The molecule has 0 aliphatic heterocycles. The van der Waals surface area contributed by atoms with Crippen LogP contribution in [-0.4, -0.2) is 30.2 Å². The Labute approximate surface area is 187 Å². The molecule has 1 heterocycles. The minimum Gasteiger partial charge on any atom is -0.490 e. The number of aryl methyl sites for hydroxylation is 1. The van der Waals surface area contributed by atoms with Gasteiger partial charge in [-0.2, -0.15) is 0 Å². The van der Waals surface area contributed by atoms with Crippen LogP contribution in [-0.2, 0) is 17.6 Å². The number of methoxy groups -OCH3 is 1. The normalized spacial score (nSPS) is 12.4. The van der Waals surface area contributed by atoms with Crippen LogP contribution in [0.4, 0.5) is 5.00 Å². The first-order valence-corrected chi connectivity index (χ1v) is 11.1. The van der Waals surface area contributed by atoms with Gasteiger partial charge in [-0.1, -0.05) is 15.9 Å². The molecule has 0 unspecified atom stereocenters. The molecule has 2 N–H and O–H groups in total. The maximum atomic E-state index is 12.8. The van der Waals surface area contributed by atoms with Gasteiger partial charge in [0.25, 0.3) is 5.91 Å². The smallest absolute Gasteiger partial charge is 0.341 e. The van der Waals surface area contributed by atoms with Gasteiger partial charge in [0.15, 0.2) is 5.11 Å². The number of carbonyl (C=O) groups is 2. The molecule has 1 aromatic carbocycles. The summed E-state index contributed by atoms with van der Waals surface area (Å²) < 4.78 is 11.4. The number of hydrogen-bond donors (Lipinski definition) is 2. The van der Waals surface area contributed by atoms with E-state index in [0.717, 1.165) is 34.2 Å². The van der Waals surface area contributed by atoms with Crippen molar-refractivity contribution in [1.82, 2.24) is 5.32 Å². The Bertz CT molecular complexity index is 972. The van der Waals surface area contributed by atoms with Gasteiger partial charge < -0.3 is 14.8 Å². The molecule has 0 bridgehead atoms. The molecule has 1 aliphatic rings. The first-order valence-electron chi connectivity index (χ1n) is 9.11. The summed E-state index contributed by atoms with van der Waals surface area (Å²) in [5, 5.41) is 6.37. The van der Waals surface area contributed by atoms with Crippen molar-refractivity contribution in [1.29, 1.82) is 0 Å². The van der Waals surface area contributed by atoms with E-state index in [1.807, 2.05) is 13.8 Å². The van der Waals surface area contributed by atoms with Crippen LogP contribution < -0.4 is 15.4 Å². The molecule has 0 atom stereocenters. The van der Waals surface area contributed by atoms with E-state index in [2.05, 4.69) is 26.6 Å². The van der Waals surface area contributed by atoms with Gasteiger partial charge in [0.1, 0.15) is 10.8 Å². The quantitative estimate of drug-likeness (QED) is 0.461. The Hall–Kier alpha value is -1.97. The highest BCUT2D eigenvalue weighted by Gasteiger charge is 2.28. The zero-order valence-corrected chi connectivity index (χ0v) is 19.5. The van der Waals surface area contributed by atoms with Crippen LogP contribution in [0.3, 0.4) is 0 Å². The fourth-order valence-corrected chi connectivity index (χ4v) is 5.05. The first-order chi connectivity index (χ1) is 13.8. The number of nitrogens with one attached hydrogen (secondary N) is 2. The Balaban J connectivity index is 1.78. The fraction of sp³-hybridized carbons (Fsp3) is 0.350. The molecule has 154 valence electrons. The van der Waals surface area contributed by atoms with Crippen molar-refractivity contribution in [2.24, 2.45) is 0 Å². The van der Waals surface area contributed by atoms with Crippen LogP contribution in [0.1, 0.15) is 51.4 Å². The second kappa shape index (κ2) is 9.23. The number of esters is 1. The minimum absolute atomic E-state index is 0.0797. The number of halogens is 1. The summed E-state index contributed by atoms with van der Waals surface area (Å²) in [5.74, 6) is -0.336. The van der Waals surface area contributed by atoms with Gasteiger partial charge >= 0.3 is 5.97 Å². The summed E-state index contributed by atoms with van der Waals surface area (Å²) in [7, 11) is 1.36. The standard InChI is InChI=1S/C20H21BrN2O4S2/c1-10(2)27-14-8-7-11(21)9-13(14)17(24)22-20(28)23-18-16(19(25)26-3)12-5-4-6-15(12)29-18/h7-10H,4-6H2,1-3H3,(H2,22,23,24,28). The number of fused-ring (bicyclic) bond motifs is 1. The van der Waals surface area contributed by atoms with Crippen LogP contribution in [0.2, 0.25) is 0 Å². The van der Waals surface area contributed by atoms with Crippen LogP contribution in [0.15, 0.2) is 22.7 Å². The topological polar surface area (TPSA) is 76.7 Å². The number of thiocarbonyl (C=S) groups is 1. The lowest BCUT2D eigenvalue weighted by Crippen LogP contribution is -2.34. The van der Waals surface area contributed by atoms with Crippen LogP contribution in [0.25, 0.3) is 0 Å². The number of rotatable bonds is 5. The maximum Gasteiger partial charge on any atom is 0.341 e. The molecule has 1 aromatic heterocycles. The predicted molar refractivity (Wildman–Crippen MR) is 121 cm³/mol. The molecule has 29 heavy (non-hydrogen) atoms. The highest BCUT2D eigenvalue weighted by atomic mass is 79.9. The van der Waals surface area contributed by atoms with Gasteiger partial charge in [0.2, 0.25) is 0 Å². The lowest BCUT2D eigenvalue weighted by molar-refractivity contribution is 0.0601. The largest absolute Gasteiger partial charge is 0.490 e. The lowest BCUT2D eigenvalue weighted by Gasteiger charge is -2.15. The molecular weight excluding hydrogens is 476 g/mol. The summed E-state index contributed by atoms with van der Waals surface area (Å²) in [6, 6.07) is 5.21. The molecule has 0 radical (unpaired) electrons. The molecule has 6 nitrogen and oxygen atoms in total. The Morgan fingerprint density at radius 3 is 2.72 bits per heavy atom. The number of anilines is 1. The van der Waals surface area contributed by atoms with Gasteiger partial charge in [0, 0.05) is 9.35 Å². The number of hydrogen-bond acceptors (Lipinski definition) is 6. The minimum atomic E-state index is -0.402. The molecule has 0 fully saturated rings. The zero-order valence-electron chi connectivity index (χ0n) is 16.3. The van der Waals surface area contributed by atoms with E-state index in [9.17, 15) is 9.59 Å². The SMILES string of the molecule is COC(=O)c1c(NC(=S)NC(=O)c2cc(Br)ccc2OC(C)C)sc2c1CCC2. The van der Waals surface area contributed by atoms with Crippen molar-refractivity contribution in [2.45, 2.75) is 39.2 Å². The van der Waals surface area contributed by atoms with Crippen molar-refractivity contribution in [2.75, 3.05) is 12.4 Å². The van der Waals surface area contributed by atoms with E-state index in [-0.39, 0.29) is 11.2 Å². The maximum absolute atomic E-state index is 12.8. The molecule has 0 saturated carbocycles. The molecule has 1 aliphatic carbocycles. The Morgan fingerprint density at radius 1 is 1.28 bits per heavy atom. The van der Waals surface area contributed by atoms with Gasteiger partial charge in [-0.05, 0) is 69.1 Å². The van der Waals surface area contributed by atoms with E-state index in [4.69, 9.17) is 21.7 Å². The van der Waals surface area contributed by atoms with Crippen molar-refractivity contribution in [3.05, 3.63) is 44.2 Å². The Kier molecular flexibility index (Phi) is 6.92. The van der Waals surface area contributed by atoms with Crippen LogP contribution >= 0.6 is 39.5 Å². The van der Waals surface area contributed by atoms with Gasteiger partial charge in [0.05, 0.1) is 24.3 Å². The number of ether oxygens (including phenoxy) is 2. The zero-order chi connectivity index (χ0) is 21.1. The average molecular weight is 497 g/mol. The lowest BCUT2D eigenvalue weighted by atomic mass is 10.1. The summed E-state index contributed by atoms with van der Waals surface area (Å²) in [6.07, 6.45) is 2.71. The predicted octanol–water partition coefficient (Wildman–Crippen LogP) is 4.70. The third kappa shape index (κ3) is 4.96. The van der Waals surface area contributed by atoms with E-state index in [1.165, 1.54) is 18.4 Å². The molecular formula is C20H21BrN2O4S2. The second-order valence-electron chi connectivity index (χ2n) is 6.77. The first kappa shape index (κ1) is 21.7. The van der Waals surface area contributed by atoms with Gasteiger partial charge in [-0.25, -0.2) is 4.79 Å². The molecule has 0 saturated heterocycles. The number of amides is 1. The summed E-state index contributed by atoms with van der Waals surface area (Å²) in [6.45, 7) is 3.78. The highest BCUT2D eigenvalue weighted by molar-refractivity contribution is 9.10. The molecule has 0 spiro atoms. The summed E-state index contributed by atoms with van der Waals surface area (Å²) in [5.41, 5.74) is 1.88. The van der Waals surface area contributed by atoms with Crippen LogP contribution in [0, 0.1) is 0 Å².